The Morgan fingerprint density at radius 2 is 1.80 bits per heavy atom. The van der Waals surface area contributed by atoms with E-state index in [2.05, 4.69) is 29.6 Å². The van der Waals surface area contributed by atoms with Gasteiger partial charge in [0.05, 0.1) is 18.8 Å². The molecule has 1 N–H and O–H groups in total. The molecule has 160 valence electrons. The molecule has 0 spiro atoms. The zero-order chi connectivity index (χ0) is 20.1. The second-order valence-electron chi connectivity index (χ2n) is 7.85. The highest BCUT2D eigenvalue weighted by atomic mass is 35.5. The van der Waals surface area contributed by atoms with Gasteiger partial charge in [-0.2, -0.15) is 0 Å². The summed E-state index contributed by atoms with van der Waals surface area (Å²) in [5.74, 6) is 1.37. The van der Waals surface area contributed by atoms with Gasteiger partial charge in [-0.25, -0.2) is 4.39 Å². The lowest BCUT2D eigenvalue weighted by Crippen LogP contribution is -2.39. The minimum Gasteiger partial charge on any atom is -0.493 e. The molecule has 1 atom stereocenters. The molecule has 3 nitrogen and oxygen atoms in total. The van der Waals surface area contributed by atoms with Crippen LogP contribution < -0.4 is 14.8 Å². The molecule has 1 unspecified atom stereocenters. The minimum atomic E-state index is -0.344. The van der Waals surface area contributed by atoms with Gasteiger partial charge in [-0.1, -0.05) is 30.4 Å². The number of rotatable bonds is 7. The van der Waals surface area contributed by atoms with E-state index in [0.29, 0.717) is 0 Å². The lowest BCUT2D eigenvalue weighted by molar-refractivity contribution is 0.200. The van der Waals surface area contributed by atoms with Crippen LogP contribution in [-0.4, -0.2) is 13.2 Å². The van der Waals surface area contributed by atoms with Gasteiger partial charge < -0.3 is 14.8 Å². The molecule has 0 amide bonds. The van der Waals surface area contributed by atoms with Crippen LogP contribution in [0.5, 0.6) is 11.5 Å². The standard InChI is InChI=1S/C25H28FNO2.ClH/c1-28-23-13-10-20(18-24(23)29-22-6-2-3-7-22)25(15-4-5-17-27-25)16-14-19-8-11-21(26)12-9-19;/h4-5,8-13,15,17-18,22,27H,2-3,6-7,14,16H2,1H3;1H. The Bertz CT molecular complexity index is 891. The fourth-order valence-corrected chi connectivity index (χ4v) is 4.22. The number of hydrogen-bond donors (Lipinski definition) is 1. The van der Waals surface area contributed by atoms with Crippen LogP contribution in [-0.2, 0) is 12.0 Å². The van der Waals surface area contributed by atoms with Crippen molar-refractivity contribution in [3.05, 3.63) is 83.8 Å². The van der Waals surface area contributed by atoms with E-state index in [9.17, 15) is 4.39 Å². The summed E-state index contributed by atoms with van der Waals surface area (Å²) in [5, 5.41) is 3.55. The summed E-state index contributed by atoms with van der Waals surface area (Å²) < 4.78 is 25.1. The summed E-state index contributed by atoms with van der Waals surface area (Å²) in [6.07, 6.45) is 14.8. The molecule has 0 radical (unpaired) electrons. The number of dihydropyridines is 1. The molecule has 1 fully saturated rings. The van der Waals surface area contributed by atoms with Gasteiger partial charge in [0.25, 0.3) is 0 Å². The molecule has 2 aromatic rings. The van der Waals surface area contributed by atoms with E-state index in [1.807, 2.05) is 30.5 Å². The van der Waals surface area contributed by atoms with Gasteiger partial charge in [0.15, 0.2) is 11.5 Å². The van der Waals surface area contributed by atoms with Crippen molar-refractivity contribution in [3.8, 4) is 11.5 Å². The molecule has 1 heterocycles. The van der Waals surface area contributed by atoms with E-state index in [4.69, 9.17) is 9.47 Å². The molecule has 1 saturated carbocycles. The molecular weight excluding hydrogens is 401 g/mol. The zero-order valence-corrected chi connectivity index (χ0v) is 18.1. The van der Waals surface area contributed by atoms with Gasteiger partial charge in [-0.05, 0) is 86.2 Å². The van der Waals surface area contributed by atoms with Gasteiger partial charge in [-0.3, -0.25) is 0 Å². The molecule has 4 rings (SSSR count). The maximum Gasteiger partial charge on any atom is 0.161 e. The van der Waals surface area contributed by atoms with Gasteiger partial charge >= 0.3 is 0 Å². The van der Waals surface area contributed by atoms with Crippen LogP contribution in [0.15, 0.2) is 66.9 Å². The van der Waals surface area contributed by atoms with Crippen molar-refractivity contribution in [1.82, 2.24) is 5.32 Å². The highest BCUT2D eigenvalue weighted by Crippen LogP contribution is 2.38. The molecule has 0 saturated heterocycles. The maximum atomic E-state index is 13.2. The normalized spacial score (nSPS) is 20.5. The Morgan fingerprint density at radius 1 is 1.03 bits per heavy atom. The highest BCUT2D eigenvalue weighted by Gasteiger charge is 2.30. The van der Waals surface area contributed by atoms with E-state index < -0.39 is 0 Å². The Balaban J connectivity index is 0.00000256. The first-order valence-corrected chi connectivity index (χ1v) is 10.4. The van der Waals surface area contributed by atoms with Crippen LogP contribution in [0.3, 0.4) is 0 Å². The second-order valence-corrected chi connectivity index (χ2v) is 7.85. The van der Waals surface area contributed by atoms with Gasteiger partial charge in [0.2, 0.25) is 0 Å². The van der Waals surface area contributed by atoms with Crippen molar-refractivity contribution >= 4 is 12.4 Å². The van der Waals surface area contributed by atoms with Crippen LogP contribution in [0.4, 0.5) is 4.39 Å². The number of methoxy groups -OCH3 is 1. The fraction of sp³-hybridized carbons (Fsp3) is 0.360. The average molecular weight is 430 g/mol. The first-order valence-electron chi connectivity index (χ1n) is 10.4. The third-order valence-corrected chi connectivity index (χ3v) is 5.92. The van der Waals surface area contributed by atoms with Crippen molar-refractivity contribution in [2.24, 2.45) is 0 Å². The molecule has 30 heavy (non-hydrogen) atoms. The Labute approximate surface area is 184 Å². The number of ether oxygens (including phenoxy) is 2. The van der Waals surface area contributed by atoms with Gasteiger partial charge in [0, 0.05) is 0 Å². The lowest BCUT2D eigenvalue weighted by atomic mass is 9.82. The van der Waals surface area contributed by atoms with E-state index >= 15 is 0 Å². The number of allylic oxidation sites excluding steroid dienone is 2. The first kappa shape index (κ1) is 22.2. The third kappa shape index (κ3) is 4.99. The van der Waals surface area contributed by atoms with Gasteiger partial charge in [-0.15, -0.1) is 12.4 Å². The number of aryl methyl sites for hydroxylation is 1. The quantitative estimate of drug-likeness (QED) is 0.578. The largest absolute Gasteiger partial charge is 0.493 e. The van der Waals surface area contributed by atoms with Crippen LogP contribution in [0.25, 0.3) is 0 Å². The smallest absolute Gasteiger partial charge is 0.161 e. The van der Waals surface area contributed by atoms with Crippen molar-refractivity contribution < 1.29 is 13.9 Å². The summed E-state index contributed by atoms with van der Waals surface area (Å²) in [5.41, 5.74) is 1.91. The molecule has 2 aliphatic rings. The first-order chi connectivity index (χ1) is 14.2. The number of benzene rings is 2. The molecule has 1 aliphatic heterocycles. The van der Waals surface area contributed by atoms with E-state index in [-0.39, 0.29) is 29.9 Å². The Kier molecular flexibility index (Phi) is 7.43. The van der Waals surface area contributed by atoms with Crippen molar-refractivity contribution in [3.63, 3.8) is 0 Å². The molecule has 5 heteroatoms. The van der Waals surface area contributed by atoms with Crippen molar-refractivity contribution in [1.29, 1.82) is 0 Å². The lowest BCUT2D eigenvalue weighted by Gasteiger charge is -2.34. The highest BCUT2D eigenvalue weighted by molar-refractivity contribution is 5.85. The van der Waals surface area contributed by atoms with Crippen LogP contribution in [0, 0.1) is 5.82 Å². The monoisotopic (exact) mass is 429 g/mol. The number of nitrogens with one attached hydrogen (secondary N) is 1. The molecular formula is C25H29ClFNO2. The Morgan fingerprint density at radius 3 is 2.47 bits per heavy atom. The van der Waals surface area contributed by atoms with Crippen molar-refractivity contribution in [2.45, 2.75) is 50.2 Å². The zero-order valence-electron chi connectivity index (χ0n) is 17.3. The molecule has 0 aromatic heterocycles. The fourth-order valence-electron chi connectivity index (χ4n) is 4.22. The van der Waals surface area contributed by atoms with Crippen LogP contribution in [0.2, 0.25) is 0 Å². The summed E-state index contributed by atoms with van der Waals surface area (Å²) in [7, 11) is 1.68. The van der Waals surface area contributed by atoms with E-state index in [1.165, 1.54) is 25.0 Å². The summed E-state index contributed by atoms with van der Waals surface area (Å²) in [4.78, 5) is 0. The van der Waals surface area contributed by atoms with Crippen molar-refractivity contribution in [2.75, 3.05) is 7.11 Å². The molecule has 0 bridgehead atoms. The molecule has 2 aromatic carbocycles. The second kappa shape index (κ2) is 10.0. The van der Waals surface area contributed by atoms with E-state index in [1.54, 1.807) is 7.11 Å². The third-order valence-electron chi connectivity index (χ3n) is 5.92. The Hall–Kier alpha value is -2.46. The van der Waals surface area contributed by atoms with E-state index in [0.717, 1.165) is 48.3 Å². The molecule has 1 aliphatic carbocycles. The summed E-state index contributed by atoms with van der Waals surface area (Å²) in [6, 6.07) is 13.0. The SMILES string of the molecule is COc1ccc(C2(CCc3ccc(F)cc3)C=CC=CN2)cc1OC1CCCC1.Cl. The minimum absolute atomic E-state index is 0. The van der Waals surface area contributed by atoms with Gasteiger partial charge in [0.1, 0.15) is 5.82 Å². The van der Waals surface area contributed by atoms with Crippen LogP contribution >= 0.6 is 12.4 Å². The summed E-state index contributed by atoms with van der Waals surface area (Å²) >= 11 is 0. The van der Waals surface area contributed by atoms with Crippen LogP contribution in [0.1, 0.15) is 43.2 Å². The summed E-state index contributed by atoms with van der Waals surface area (Å²) in [6.45, 7) is 0. The maximum absolute atomic E-state index is 13.2. The number of hydrogen-bond acceptors (Lipinski definition) is 3. The predicted octanol–water partition coefficient (Wildman–Crippen LogP) is 6.08. The predicted molar refractivity (Wildman–Crippen MR) is 121 cm³/mol. The topological polar surface area (TPSA) is 30.5 Å². The average Bonchev–Trinajstić information content (AvgIpc) is 3.27. The number of halogens is 2.